The molecule has 0 aliphatic rings. The van der Waals surface area contributed by atoms with Crippen molar-refractivity contribution in [3.05, 3.63) is 58.6 Å². The summed E-state index contributed by atoms with van der Waals surface area (Å²) in [6.45, 7) is 5.08. The molecule has 2 aromatic carbocycles. The number of rotatable bonds is 7. The van der Waals surface area contributed by atoms with E-state index in [1.54, 1.807) is 29.2 Å². The van der Waals surface area contributed by atoms with Crippen molar-refractivity contribution in [2.24, 2.45) is 5.92 Å². The van der Waals surface area contributed by atoms with Crippen LogP contribution in [0.5, 0.6) is 5.75 Å². The van der Waals surface area contributed by atoms with Crippen molar-refractivity contribution in [1.29, 1.82) is 0 Å². The first-order chi connectivity index (χ1) is 12.6. The van der Waals surface area contributed by atoms with E-state index in [1.807, 2.05) is 38.1 Å². The van der Waals surface area contributed by atoms with Crippen molar-refractivity contribution in [3.8, 4) is 5.75 Å². The first-order valence-corrected chi connectivity index (χ1v) is 11.0. The average Bonchev–Trinajstić information content (AvgIpc) is 2.56. The standard InChI is InChI=1S/C19H23BrN2O4S/c1-14(2)12-22(19(23)21-17-8-6-16(20)7-9-17)13-15-4-10-18(11-5-15)26-27(3,24)25/h4-11,14H,12-13H2,1-3H3,(H,21,23). The number of amides is 2. The van der Waals surface area contributed by atoms with Crippen LogP contribution >= 0.6 is 15.9 Å². The summed E-state index contributed by atoms with van der Waals surface area (Å²) in [5.74, 6) is 0.546. The number of urea groups is 1. The Morgan fingerprint density at radius 3 is 2.22 bits per heavy atom. The number of carbonyl (C=O) groups is 1. The van der Waals surface area contributed by atoms with E-state index >= 15 is 0 Å². The summed E-state index contributed by atoms with van der Waals surface area (Å²) >= 11 is 3.37. The van der Waals surface area contributed by atoms with E-state index in [-0.39, 0.29) is 11.8 Å². The molecule has 0 heterocycles. The molecule has 8 heteroatoms. The Kier molecular flexibility index (Phi) is 7.26. The molecule has 146 valence electrons. The van der Waals surface area contributed by atoms with Gasteiger partial charge in [-0.25, -0.2) is 4.79 Å². The molecule has 6 nitrogen and oxygen atoms in total. The lowest BCUT2D eigenvalue weighted by Gasteiger charge is -2.25. The van der Waals surface area contributed by atoms with Gasteiger partial charge in [-0.1, -0.05) is 41.9 Å². The Morgan fingerprint density at radius 1 is 1.11 bits per heavy atom. The van der Waals surface area contributed by atoms with Gasteiger partial charge in [0.05, 0.1) is 6.26 Å². The molecule has 0 aliphatic carbocycles. The summed E-state index contributed by atoms with van der Waals surface area (Å²) < 4.78 is 28.1. The van der Waals surface area contributed by atoms with E-state index in [9.17, 15) is 13.2 Å². The zero-order chi connectivity index (χ0) is 20.0. The number of carbonyl (C=O) groups excluding carboxylic acids is 1. The number of nitrogens with one attached hydrogen (secondary N) is 1. The molecule has 0 bridgehead atoms. The zero-order valence-electron chi connectivity index (χ0n) is 15.5. The van der Waals surface area contributed by atoms with Crippen molar-refractivity contribution < 1.29 is 17.4 Å². The van der Waals surface area contributed by atoms with Crippen LogP contribution in [0.2, 0.25) is 0 Å². The van der Waals surface area contributed by atoms with Gasteiger partial charge in [-0.2, -0.15) is 8.42 Å². The molecule has 0 saturated heterocycles. The SMILES string of the molecule is CC(C)CN(Cc1ccc(OS(C)(=O)=O)cc1)C(=O)Nc1ccc(Br)cc1. The van der Waals surface area contributed by atoms with E-state index in [0.29, 0.717) is 24.7 Å². The Labute approximate surface area is 168 Å². The number of halogens is 1. The smallest absolute Gasteiger partial charge is 0.322 e. The minimum Gasteiger partial charge on any atom is -0.383 e. The van der Waals surface area contributed by atoms with Crippen LogP contribution in [0.1, 0.15) is 19.4 Å². The Bertz CT molecular complexity index is 866. The van der Waals surface area contributed by atoms with Crippen LogP contribution < -0.4 is 9.50 Å². The van der Waals surface area contributed by atoms with Gasteiger partial charge in [0, 0.05) is 23.2 Å². The van der Waals surface area contributed by atoms with Gasteiger partial charge in [-0.05, 0) is 47.9 Å². The monoisotopic (exact) mass is 454 g/mol. The lowest BCUT2D eigenvalue weighted by atomic mass is 10.1. The highest BCUT2D eigenvalue weighted by Gasteiger charge is 2.16. The van der Waals surface area contributed by atoms with Gasteiger partial charge in [0.25, 0.3) is 0 Å². The van der Waals surface area contributed by atoms with Crippen LogP contribution in [-0.2, 0) is 16.7 Å². The first kappa shape index (κ1) is 21.2. The second-order valence-corrected chi connectivity index (χ2v) is 9.13. The Balaban J connectivity index is 2.09. The fourth-order valence-corrected chi connectivity index (χ4v) is 3.17. The highest BCUT2D eigenvalue weighted by atomic mass is 79.9. The largest absolute Gasteiger partial charge is 0.383 e. The average molecular weight is 455 g/mol. The molecule has 0 fully saturated rings. The summed E-state index contributed by atoms with van der Waals surface area (Å²) in [7, 11) is -3.56. The fraction of sp³-hybridized carbons (Fsp3) is 0.316. The predicted molar refractivity (Wildman–Crippen MR) is 110 cm³/mol. The molecular weight excluding hydrogens is 432 g/mol. The van der Waals surface area contributed by atoms with Gasteiger partial charge >= 0.3 is 16.1 Å². The number of hydrogen-bond donors (Lipinski definition) is 1. The van der Waals surface area contributed by atoms with Crippen LogP contribution in [0.4, 0.5) is 10.5 Å². The molecule has 2 amide bonds. The number of anilines is 1. The van der Waals surface area contributed by atoms with Crippen molar-refractivity contribution in [2.75, 3.05) is 18.1 Å². The summed E-state index contributed by atoms with van der Waals surface area (Å²) in [6.07, 6.45) is 0.998. The molecule has 0 spiro atoms. The maximum Gasteiger partial charge on any atom is 0.322 e. The molecule has 2 rings (SSSR count). The van der Waals surface area contributed by atoms with Crippen LogP contribution in [0, 0.1) is 5.92 Å². The maximum atomic E-state index is 12.7. The number of benzene rings is 2. The molecule has 27 heavy (non-hydrogen) atoms. The molecule has 0 unspecified atom stereocenters. The second-order valence-electron chi connectivity index (χ2n) is 6.64. The highest BCUT2D eigenvalue weighted by molar-refractivity contribution is 9.10. The lowest BCUT2D eigenvalue weighted by Crippen LogP contribution is -2.37. The summed E-state index contributed by atoms with van der Waals surface area (Å²) in [5, 5.41) is 2.90. The van der Waals surface area contributed by atoms with Gasteiger partial charge in [-0.3, -0.25) is 0 Å². The minimum absolute atomic E-state index is 0.192. The van der Waals surface area contributed by atoms with E-state index in [2.05, 4.69) is 21.2 Å². The Hall–Kier alpha value is -2.06. The van der Waals surface area contributed by atoms with Crippen LogP contribution in [0.3, 0.4) is 0 Å². The second kappa shape index (κ2) is 9.23. The van der Waals surface area contributed by atoms with Crippen LogP contribution in [-0.4, -0.2) is 32.1 Å². The van der Waals surface area contributed by atoms with E-state index < -0.39 is 10.1 Å². The molecule has 0 radical (unpaired) electrons. The molecule has 0 aromatic heterocycles. The van der Waals surface area contributed by atoms with Crippen LogP contribution in [0.25, 0.3) is 0 Å². The fourth-order valence-electron chi connectivity index (χ4n) is 2.44. The third kappa shape index (κ3) is 7.60. The van der Waals surface area contributed by atoms with Crippen LogP contribution in [0.15, 0.2) is 53.0 Å². The van der Waals surface area contributed by atoms with E-state index in [0.717, 1.165) is 16.3 Å². The van der Waals surface area contributed by atoms with E-state index in [4.69, 9.17) is 4.18 Å². The highest BCUT2D eigenvalue weighted by Crippen LogP contribution is 2.18. The topological polar surface area (TPSA) is 75.7 Å². The molecule has 0 atom stereocenters. The maximum absolute atomic E-state index is 12.7. The lowest BCUT2D eigenvalue weighted by molar-refractivity contribution is 0.201. The zero-order valence-corrected chi connectivity index (χ0v) is 17.9. The number of nitrogens with zero attached hydrogens (tertiary/aromatic N) is 1. The van der Waals surface area contributed by atoms with Gasteiger partial charge in [0.1, 0.15) is 5.75 Å². The van der Waals surface area contributed by atoms with Gasteiger partial charge in [0.15, 0.2) is 0 Å². The quantitative estimate of drug-likeness (QED) is 0.625. The third-order valence-corrected chi connectivity index (χ3v) is 4.54. The van der Waals surface area contributed by atoms with Gasteiger partial charge in [-0.15, -0.1) is 0 Å². The number of hydrogen-bond acceptors (Lipinski definition) is 4. The van der Waals surface area contributed by atoms with E-state index in [1.165, 1.54) is 0 Å². The molecule has 2 aromatic rings. The molecular formula is C19H23BrN2O4S. The predicted octanol–water partition coefficient (Wildman–Crippen LogP) is 4.48. The van der Waals surface area contributed by atoms with Crippen molar-refractivity contribution in [3.63, 3.8) is 0 Å². The molecule has 0 saturated carbocycles. The van der Waals surface area contributed by atoms with Crippen molar-refractivity contribution in [2.45, 2.75) is 20.4 Å². The van der Waals surface area contributed by atoms with Gasteiger partial charge < -0.3 is 14.4 Å². The summed E-state index contributed by atoms with van der Waals surface area (Å²) in [4.78, 5) is 14.4. The minimum atomic E-state index is -3.56. The molecule has 1 N–H and O–H groups in total. The van der Waals surface area contributed by atoms with Crippen molar-refractivity contribution in [1.82, 2.24) is 4.90 Å². The molecule has 0 aliphatic heterocycles. The Morgan fingerprint density at radius 2 is 1.70 bits per heavy atom. The first-order valence-electron chi connectivity index (χ1n) is 8.42. The van der Waals surface area contributed by atoms with Gasteiger partial charge in [0.2, 0.25) is 0 Å². The van der Waals surface area contributed by atoms with Crippen molar-refractivity contribution >= 4 is 37.8 Å². The normalized spacial score (nSPS) is 11.3. The third-order valence-electron chi connectivity index (χ3n) is 3.51. The summed E-state index contributed by atoms with van der Waals surface area (Å²) in [5.41, 5.74) is 1.59. The summed E-state index contributed by atoms with van der Waals surface area (Å²) in [6, 6.07) is 13.8.